The van der Waals surface area contributed by atoms with Gasteiger partial charge < -0.3 is 5.73 Å². The van der Waals surface area contributed by atoms with E-state index in [1.54, 1.807) is 0 Å². The minimum atomic E-state index is 0.598. The van der Waals surface area contributed by atoms with Crippen LogP contribution in [0.15, 0.2) is 18.2 Å². The van der Waals surface area contributed by atoms with Gasteiger partial charge in [-0.2, -0.15) is 0 Å². The van der Waals surface area contributed by atoms with Crippen LogP contribution in [0, 0.1) is 0 Å². The Morgan fingerprint density at radius 3 is 2.81 bits per heavy atom. The molecule has 0 spiro atoms. The molecule has 2 rings (SSSR count). The molecule has 0 saturated carbocycles. The molecule has 1 aliphatic rings. The molecule has 0 fully saturated rings. The molecule has 0 aliphatic heterocycles. The smallest absolute Gasteiger partial charge is 0.0356 e. The van der Waals surface area contributed by atoms with E-state index in [4.69, 9.17) is 5.73 Å². The van der Waals surface area contributed by atoms with Gasteiger partial charge in [0.15, 0.2) is 0 Å². The van der Waals surface area contributed by atoms with E-state index in [0.29, 0.717) is 12.1 Å². The summed E-state index contributed by atoms with van der Waals surface area (Å²) in [5.74, 6) is 0. The molecule has 2 heteroatoms. The molecule has 1 aromatic rings. The lowest BCUT2D eigenvalue weighted by atomic mass is 10.0. The van der Waals surface area contributed by atoms with E-state index in [-0.39, 0.29) is 0 Å². The van der Waals surface area contributed by atoms with Gasteiger partial charge in [0.1, 0.15) is 0 Å². The number of nitrogen functional groups attached to an aromatic ring is 1. The Kier molecular flexibility index (Phi) is 3.20. The number of fused-ring (bicyclic) bond motifs is 1. The molecule has 0 saturated heterocycles. The summed E-state index contributed by atoms with van der Waals surface area (Å²) in [7, 11) is 0. The Bertz CT molecular complexity index is 371. The minimum Gasteiger partial charge on any atom is -0.399 e. The van der Waals surface area contributed by atoms with E-state index in [1.807, 2.05) is 6.07 Å². The number of anilines is 1. The zero-order valence-electron chi connectivity index (χ0n) is 10.5. The maximum absolute atomic E-state index is 5.83. The van der Waals surface area contributed by atoms with Gasteiger partial charge >= 0.3 is 0 Å². The van der Waals surface area contributed by atoms with Crippen LogP contribution in [0.1, 0.15) is 44.4 Å². The summed E-state index contributed by atoms with van der Waals surface area (Å²) >= 11 is 0. The highest BCUT2D eigenvalue weighted by molar-refractivity contribution is 5.47. The van der Waals surface area contributed by atoms with Crippen molar-refractivity contribution in [1.82, 2.24) is 4.90 Å². The largest absolute Gasteiger partial charge is 0.399 e. The predicted molar refractivity (Wildman–Crippen MR) is 69.4 cm³/mol. The molecular weight excluding hydrogens is 196 g/mol. The molecule has 16 heavy (non-hydrogen) atoms. The van der Waals surface area contributed by atoms with Crippen LogP contribution in [0.5, 0.6) is 0 Å². The van der Waals surface area contributed by atoms with E-state index >= 15 is 0 Å². The predicted octanol–water partition coefficient (Wildman–Crippen LogP) is 2.99. The van der Waals surface area contributed by atoms with Crippen molar-refractivity contribution in [2.45, 2.75) is 45.7 Å². The number of nitrogens with zero attached hydrogens (tertiary/aromatic N) is 1. The van der Waals surface area contributed by atoms with Crippen molar-refractivity contribution in [3.8, 4) is 0 Å². The topological polar surface area (TPSA) is 29.3 Å². The van der Waals surface area contributed by atoms with Crippen molar-refractivity contribution in [2.75, 3.05) is 12.3 Å². The van der Waals surface area contributed by atoms with Gasteiger partial charge in [0, 0.05) is 17.8 Å². The van der Waals surface area contributed by atoms with Crippen molar-refractivity contribution in [3.63, 3.8) is 0 Å². The SMILES string of the molecule is CCN(C(C)C)C1CCc2cc(N)ccc21. The zero-order valence-corrected chi connectivity index (χ0v) is 10.5. The van der Waals surface area contributed by atoms with Crippen LogP contribution in [0.3, 0.4) is 0 Å². The zero-order chi connectivity index (χ0) is 11.7. The number of aryl methyl sites for hydroxylation is 1. The number of nitrogens with two attached hydrogens (primary N) is 1. The van der Waals surface area contributed by atoms with Gasteiger partial charge in [0.05, 0.1) is 0 Å². The second-order valence-corrected chi connectivity index (χ2v) is 4.94. The highest BCUT2D eigenvalue weighted by Gasteiger charge is 2.28. The van der Waals surface area contributed by atoms with Crippen LogP contribution in [0.4, 0.5) is 5.69 Å². The first-order chi connectivity index (χ1) is 7.63. The molecule has 0 heterocycles. The Morgan fingerprint density at radius 2 is 2.19 bits per heavy atom. The van der Waals surface area contributed by atoms with Gasteiger partial charge in [-0.3, -0.25) is 4.90 Å². The van der Waals surface area contributed by atoms with Crippen LogP contribution < -0.4 is 5.73 Å². The maximum atomic E-state index is 5.83. The number of hydrogen-bond donors (Lipinski definition) is 1. The van der Waals surface area contributed by atoms with Crippen molar-refractivity contribution in [3.05, 3.63) is 29.3 Å². The molecule has 1 unspecified atom stereocenters. The lowest BCUT2D eigenvalue weighted by Gasteiger charge is -2.32. The molecule has 0 amide bonds. The number of benzene rings is 1. The second-order valence-electron chi connectivity index (χ2n) is 4.94. The van der Waals surface area contributed by atoms with Crippen molar-refractivity contribution >= 4 is 5.69 Å². The van der Waals surface area contributed by atoms with Crippen LogP contribution in [-0.2, 0) is 6.42 Å². The van der Waals surface area contributed by atoms with Crippen LogP contribution >= 0.6 is 0 Å². The molecule has 88 valence electrons. The van der Waals surface area contributed by atoms with Crippen molar-refractivity contribution < 1.29 is 0 Å². The normalized spacial score (nSPS) is 19.4. The number of rotatable bonds is 3. The summed E-state index contributed by atoms with van der Waals surface area (Å²) in [6.45, 7) is 7.92. The molecule has 0 bridgehead atoms. The summed E-state index contributed by atoms with van der Waals surface area (Å²) < 4.78 is 0. The summed E-state index contributed by atoms with van der Waals surface area (Å²) in [6, 6.07) is 7.60. The van der Waals surface area contributed by atoms with E-state index in [0.717, 1.165) is 12.2 Å². The highest BCUT2D eigenvalue weighted by Crippen LogP contribution is 2.37. The summed E-state index contributed by atoms with van der Waals surface area (Å²) in [6.07, 6.45) is 2.42. The van der Waals surface area contributed by atoms with Crippen LogP contribution in [0.25, 0.3) is 0 Å². The molecule has 2 nitrogen and oxygen atoms in total. The van der Waals surface area contributed by atoms with Gasteiger partial charge in [-0.15, -0.1) is 0 Å². The molecular formula is C14H22N2. The third-order valence-corrected chi connectivity index (χ3v) is 3.64. The molecule has 1 aliphatic carbocycles. The lowest BCUT2D eigenvalue weighted by Crippen LogP contribution is -2.33. The first-order valence-corrected chi connectivity index (χ1v) is 6.27. The molecule has 1 aromatic carbocycles. The van der Waals surface area contributed by atoms with E-state index < -0.39 is 0 Å². The summed E-state index contributed by atoms with van der Waals surface area (Å²) in [5, 5.41) is 0. The summed E-state index contributed by atoms with van der Waals surface area (Å²) in [5.41, 5.74) is 9.67. The Balaban J connectivity index is 2.29. The first kappa shape index (κ1) is 11.5. The van der Waals surface area contributed by atoms with Gasteiger partial charge in [-0.1, -0.05) is 13.0 Å². The fourth-order valence-electron chi connectivity index (χ4n) is 2.90. The van der Waals surface area contributed by atoms with E-state index in [2.05, 4.69) is 37.8 Å². The Labute approximate surface area is 98.4 Å². The Hall–Kier alpha value is -1.02. The van der Waals surface area contributed by atoms with E-state index in [1.165, 1.54) is 24.0 Å². The molecule has 0 aromatic heterocycles. The molecule has 1 atom stereocenters. The van der Waals surface area contributed by atoms with Gasteiger partial charge in [0.2, 0.25) is 0 Å². The third-order valence-electron chi connectivity index (χ3n) is 3.64. The second kappa shape index (κ2) is 4.46. The lowest BCUT2D eigenvalue weighted by molar-refractivity contribution is 0.162. The molecule has 2 N–H and O–H groups in total. The third kappa shape index (κ3) is 1.94. The van der Waals surface area contributed by atoms with Crippen LogP contribution in [0.2, 0.25) is 0 Å². The summed E-state index contributed by atoms with van der Waals surface area (Å²) in [4.78, 5) is 2.57. The quantitative estimate of drug-likeness (QED) is 0.790. The van der Waals surface area contributed by atoms with Crippen molar-refractivity contribution in [2.24, 2.45) is 0 Å². The standard InChI is InChI=1S/C14H22N2/c1-4-16(10(2)3)14-8-5-11-9-12(15)6-7-13(11)14/h6-7,9-10,14H,4-5,8,15H2,1-3H3. The average molecular weight is 218 g/mol. The maximum Gasteiger partial charge on any atom is 0.0356 e. The minimum absolute atomic E-state index is 0.598. The Morgan fingerprint density at radius 1 is 1.44 bits per heavy atom. The van der Waals surface area contributed by atoms with Gasteiger partial charge in [-0.25, -0.2) is 0 Å². The molecule has 0 radical (unpaired) electrons. The van der Waals surface area contributed by atoms with Crippen molar-refractivity contribution in [1.29, 1.82) is 0 Å². The van der Waals surface area contributed by atoms with E-state index in [9.17, 15) is 0 Å². The van der Waals surface area contributed by atoms with Crippen LogP contribution in [-0.4, -0.2) is 17.5 Å². The first-order valence-electron chi connectivity index (χ1n) is 6.27. The fraction of sp³-hybridized carbons (Fsp3) is 0.571. The fourth-order valence-corrected chi connectivity index (χ4v) is 2.90. The highest BCUT2D eigenvalue weighted by atomic mass is 15.2. The van der Waals surface area contributed by atoms with Gasteiger partial charge in [0.25, 0.3) is 0 Å². The van der Waals surface area contributed by atoms with Gasteiger partial charge in [-0.05, 0) is 56.5 Å². The number of hydrogen-bond acceptors (Lipinski definition) is 2. The monoisotopic (exact) mass is 218 g/mol. The average Bonchev–Trinajstić information content (AvgIpc) is 2.62.